The molecule has 0 N–H and O–H groups in total. The summed E-state index contributed by atoms with van der Waals surface area (Å²) < 4.78 is 37.2. The molecule has 0 saturated heterocycles. The molecule has 3 saturated carbocycles. The molecule has 3 fully saturated rings. The Morgan fingerprint density at radius 2 is 1.45 bits per heavy atom. The Bertz CT molecular complexity index is 843. The highest BCUT2D eigenvalue weighted by Crippen LogP contribution is 2.44. The lowest BCUT2D eigenvalue weighted by molar-refractivity contribution is 0.0706. The van der Waals surface area contributed by atoms with E-state index >= 15 is 8.78 Å². The van der Waals surface area contributed by atoms with Gasteiger partial charge in [-0.25, -0.2) is 4.39 Å². The van der Waals surface area contributed by atoms with Gasteiger partial charge in [-0.1, -0.05) is 110 Å². The average molecular weight is 529 g/mol. The van der Waals surface area contributed by atoms with Crippen LogP contribution in [-0.2, 0) is 12.8 Å². The lowest BCUT2D eigenvalue weighted by Crippen LogP contribution is -2.34. The van der Waals surface area contributed by atoms with E-state index in [0.29, 0.717) is 23.8 Å². The van der Waals surface area contributed by atoms with Crippen LogP contribution in [0.3, 0.4) is 0 Å². The molecular formula is C35H54F2O. The van der Waals surface area contributed by atoms with E-state index in [0.717, 1.165) is 42.6 Å². The van der Waals surface area contributed by atoms with Crippen LogP contribution in [0.2, 0.25) is 0 Å². The van der Waals surface area contributed by atoms with Crippen molar-refractivity contribution < 1.29 is 13.5 Å². The quantitative estimate of drug-likeness (QED) is 0.274. The van der Waals surface area contributed by atoms with Crippen molar-refractivity contribution in [2.45, 2.75) is 154 Å². The van der Waals surface area contributed by atoms with Crippen molar-refractivity contribution in [1.82, 2.24) is 0 Å². The standard InChI is InChI=1S/C35H54F2O/c1-2-3-6-11-25-16-18-28(19-17-25)32-23-21-30-24-29(33(36)34(37)35(30)38-32)20-22-31(26-12-7-4-8-13-26)27-14-9-5-10-15-27/h24-28,31-32H,2-23H2,1H3. The van der Waals surface area contributed by atoms with Crippen molar-refractivity contribution in [2.24, 2.45) is 29.6 Å². The fourth-order valence-corrected chi connectivity index (χ4v) is 8.89. The number of ether oxygens (including phenoxy) is 1. The lowest BCUT2D eigenvalue weighted by atomic mass is 9.68. The number of hydrogen-bond donors (Lipinski definition) is 0. The Balaban J connectivity index is 1.20. The highest BCUT2D eigenvalue weighted by molar-refractivity contribution is 5.41. The number of aryl methyl sites for hydroxylation is 2. The lowest BCUT2D eigenvalue weighted by Gasteiger charge is -2.38. The van der Waals surface area contributed by atoms with E-state index in [-0.39, 0.29) is 11.9 Å². The van der Waals surface area contributed by atoms with Gasteiger partial charge >= 0.3 is 0 Å². The Labute approximate surface area is 231 Å². The van der Waals surface area contributed by atoms with Gasteiger partial charge in [0, 0.05) is 0 Å². The van der Waals surface area contributed by atoms with Crippen LogP contribution in [0.15, 0.2) is 6.07 Å². The first-order valence-corrected chi connectivity index (χ1v) is 16.8. The predicted molar refractivity (Wildman–Crippen MR) is 154 cm³/mol. The average Bonchev–Trinajstić information content (AvgIpc) is 2.97. The minimum absolute atomic E-state index is 0.0563. The number of rotatable bonds is 10. The van der Waals surface area contributed by atoms with Gasteiger partial charge in [0.2, 0.25) is 5.82 Å². The summed E-state index contributed by atoms with van der Waals surface area (Å²) in [7, 11) is 0. The van der Waals surface area contributed by atoms with E-state index in [9.17, 15) is 0 Å². The fourth-order valence-electron chi connectivity index (χ4n) is 8.89. The van der Waals surface area contributed by atoms with Crippen LogP contribution in [0.25, 0.3) is 0 Å². The second-order valence-electron chi connectivity index (χ2n) is 13.6. The zero-order valence-electron chi connectivity index (χ0n) is 24.3. The molecule has 1 aromatic rings. The molecule has 0 spiro atoms. The first-order chi connectivity index (χ1) is 18.6. The van der Waals surface area contributed by atoms with Gasteiger partial charge in [0.1, 0.15) is 6.10 Å². The predicted octanol–water partition coefficient (Wildman–Crippen LogP) is 10.8. The van der Waals surface area contributed by atoms with E-state index in [1.54, 1.807) is 0 Å². The molecule has 1 aliphatic heterocycles. The van der Waals surface area contributed by atoms with Crippen molar-refractivity contribution in [3.8, 4) is 5.75 Å². The van der Waals surface area contributed by atoms with Crippen LogP contribution in [0, 0.1) is 41.2 Å². The van der Waals surface area contributed by atoms with Crippen LogP contribution in [-0.4, -0.2) is 6.10 Å². The Hall–Kier alpha value is -1.12. The van der Waals surface area contributed by atoms with E-state index in [4.69, 9.17) is 4.74 Å². The summed E-state index contributed by atoms with van der Waals surface area (Å²) in [5.74, 6) is 2.54. The molecular weight excluding hydrogens is 474 g/mol. The maximum absolute atomic E-state index is 15.5. The molecule has 214 valence electrons. The number of fused-ring (bicyclic) bond motifs is 1. The maximum atomic E-state index is 15.5. The highest BCUT2D eigenvalue weighted by atomic mass is 19.2. The molecule has 5 rings (SSSR count). The van der Waals surface area contributed by atoms with Gasteiger partial charge in [0.05, 0.1) is 0 Å². The van der Waals surface area contributed by atoms with Gasteiger partial charge in [-0.15, -0.1) is 0 Å². The molecule has 4 aliphatic rings. The van der Waals surface area contributed by atoms with Gasteiger partial charge in [0.15, 0.2) is 11.6 Å². The molecule has 1 nitrogen and oxygen atoms in total. The monoisotopic (exact) mass is 528 g/mol. The fraction of sp³-hybridized carbons (Fsp3) is 0.829. The first kappa shape index (κ1) is 28.4. The van der Waals surface area contributed by atoms with Crippen molar-refractivity contribution in [3.05, 3.63) is 28.8 Å². The van der Waals surface area contributed by atoms with Crippen LogP contribution in [0.4, 0.5) is 8.78 Å². The van der Waals surface area contributed by atoms with Gasteiger partial charge in [-0.05, 0) is 85.3 Å². The van der Waals surface area contributed by atoms with E-state index in [1.807, 2.05) is 6.07 Å². The van der Waals surface area contributed by atoms with Gasteiger partial charge in [-0.2, -0.15) is 4.39 Å². The molecule has 0 amide bonds. The summed E-state index contributed by atoms with van der Waals surface area (Å²) in [6, 6.07) is 1.98. The van der Waals surface area contributed by atoms with Crippen LogP contribution < -0.4 is 4.74 Å². The normalized spacial score (nSPS) is 27.3. The molecule has 0 bridgehead atoms. The zero-order valence-corrected chi connectivity index (χ0v) is 24.3. The summed E-state index contributed by atoms with van der Waals surface area (Å²) >= 11 is 0. The second kappa shape index (κ2) is 14.0. The Kier molecular flexibility index (Phi) is 10.5. The summed E-state index contributed by atoms with van der Waals surface area (Å²) in [5, 5.41) is 0. The molecule has 1 unspecified atom stereocenters. The third-order valence-electron chi connectivity index (χ3n) is 11.2. The summed E-state index contributed by atoms with van der Waals surface area (Å²) in [4.78, 5) is 0. The first-order valence-electron chi connectivity index (χ1n) is 16.8. The second-order valence-corrected chi connectivity index (χ2v) is 13.6. The van der Waals surface area contributed by atoms with Gasteiger partial charge in [0.25, 0.3) is 0 Å². The SMILES string of the molecule is CCCCCC1CCC(C2CCc3cc(CCC(C4CCCCC4)C4CCCCC4)c(F)c(F)c3O2)CC1. The molecule has 1 heterocycles. The Morgan fingerprint density at radius 1 is 0.789 bits per heavy atom. The molecule has 3 aliphatic carbocycles. The summed E-state index contributed by atoms with van der Waals surface area (Å²) in [6.45, 7) is 2.27. The van der Waals surface area contributed by atoms with Crippen LogP contribution in [0.1, 0.15) is 146 Å². The minimum Gasteiger partial charge on any atom is -0.487 e. The number of hydrogen-bond acceptors (Lipinski definition) is 1. The van der Waals surface area contributed by atoms with Gasteiger partial charge in [-0.3, -0.25) is 0 Å². The summed E-state index contributed by atoms with van der Waals surface area (Å²) in [5.41, 5.74) is 1.52. The third kappa shape index (κ3) is 6.95. The maximum Gasteiger partial charge on any atom is 0.201 e. The van der Waals surface area contributed by atoms with Crippen molar-refractivity contribution >= 4 is 0 Å². The number of unbranched alkanes of at least 4 members (excludes halogenated alkanes) is 2. The van der Waals surface area contributed by atoms with E-state index in [1.165, 1.54) is 116 Å². The molecule has 1 atom stereocenters. The smallest absolute Gasteiger partial charge is 0.201 e. The van der Waals surface area contributed by atoms with Crippen LogP contribution in [0.5, 0.6) is 5.75 Å². The largest absolute Gasteiger partial charge is 0.487 e. The molecule has 0 radical (unpaired) electrons. The zero-order chi connectivity index (χ0) is 26.3. The number of benzene rings is 1. The highest BCUT2D eigenvalue weighted by Gasteiger charge is 2.35. The molecule has 3 heteroatoms. The van der Waals surface area contributed by atoms with Crippen molar-refractivity contribution in [2.75, 3.05) is 0 Å². The van der Waals surface area contributed by atoms with Crippen LogP contribution >= 0.6 is 0 Å². The molecule has 1 aromatic carbocycles. The Morgan fingerprint density at radius 3 is 2.08 bits per heavy atom. The van der Waals surface area contributed by atoms with E-state index in [2.05, 4.69) is 6.92 Å². The van der Waals surface area contributed by atoms with Crippen molar-refractivity contribution in [1.29, 1.82) is 0 Å². The number of halogens is 2. The summed E-state index contributed by atoms with van der Waals surface area (Å²) in [6.07, 6.45) is 27.4. The third-order valence-corrected chi connectivity index (χ3v) is 11.2. The minimum atomic E-state index is -0.706. The van der Waals surface area contributed by atoms with Crippen molar-refractivity contribution in [3.63, 3.8) is 0 Å². The van der Waals surface area contributed by atoms with E-state index < -0.39 is 11.6 Å². The molecule has 38 heavy (non-hydrogen) atoms. The topological polar surface area (TPSA) is 9.23 Å². The van der Waals surface area contributed by atoms with Gasteiger partial charge < -0.3 is 4.74 Å². The molecule has 0 aromatic heterocycles.